The van der Waals surface area contributed by atoms with Gasteiger partial charge in [0.1, 0.15) is 28.2 Å². The Hall–Kier alpha value is -4.57. The van der Waals surface area contributed by atoms with Crippen LogP contribution in [0.25, 0.3) is 32.1 Å². The monoisotopic (exact) mass is 584 g/mol. The Labute approximate surface area is 234 Å². The molecule has 5 aromatic rings. The highest BCUT2D eigenvalue weighted by atomic mass is 32.1. The third kappa shape index (κ3) is 4.63. The molecule has 41 heavy (non-hydrogen) atoms. The number of benzene rings is 2. The van der Waals surface area contributed by atoms with Gasteiger partial charge in [0, 0.05) is 35.3 Å². The number of methoxy groups -OCH3 is 1. The topological polar surface area (TPSA) is 101 Å². The highest BCUT2D eigenvalue weighted by molar-refractivity contribution is 7.23. The van der Waals surface area contributed by atoms with Crippen LogP contribution < -0.4 is 15.4 Å². The fourth-order valence-electron chi connectivity index (χ4n) is 4.91. The van der Waals surface area contributed by atoms with Gasteiger partial charge in [-0.1, -0.05) is 12.1 Å². The van der Waals surface area contributed by atoms with Crippen LogP contribution in [0.3, 0.4) is 0 Å². The standard InChI is InChI=1S/C28H21F5N6OS/c1-4-39(13(2)14-6-5-9-36-12-14)26-16-10-18(28(31,32)33)21(22(30)23(16)37-27(38-26)40-3)15-7-8-19(29)24-20(15)17(11-34)25(35)41-24/h5-10,12-13H,4,35H2,1-3H3. The normalized spacial score (nSPS) is 12.5. The zero-order valence-electron chi connectivity index (χ0n) is 21.8. The molecule has 2 aromatic carbocycles. The summed E-state index contributed by atoms with van der Waals surface area (Å²) in [7, 11) is 1.26. The first kappa shape index (κ1) is 28.0. The number of halogens is 5. The van der Waals surface area contributed by atoms with Crippen LogP contribution >= 0.6 is 11.3 Å². The van der Waals surface area contributed by atoms with E-state index in [1.165, 1.54) is 7.11 Å². The van der Waals surface area contributed by atoms with Crippen LogP contribution in [0.2, 0.25) is 0 Å². The van der Waals surface area contributed by atoms with Gasteiger partial charge >= 0.3 is 12.2 Å². The van der Waals surface area contributed by atoms with Gasteiger partial charge in [0.2, 0.25) is 0 Å². The van der Waals surface area contributed by atoms with Crippen LogP contribution in [-0.4, -0.2) is 28.6 Å². The molecular formula is C28H21F5N6OS. The van der Waals surface area contributed by atoms with Crippen molar-refractivity contribution in [3.05, 3.63) is 71.1 Å². The van der Waals surface area contributed by atoms with Crippen LogP contribution in [0.15, 0.2) is 42.7 Å². The third-order valence-corrected chi connectivity index (χ3v) is 7.85. The van der Waals surface area contributed by atoms with Gasteiger partial charge in [-0.15, -0.1) is 11.3 Å². The lowest BCUT2D eigenvalue weighted by Gasteiger charge is -2.30. The molecule has 1 atom stereocenters. The number of nitriles is 1. The van der Waals surface area contributed by atoms with E-state index in [0.717, 1.165) is 23.8 Å². The Morgan fingerprint density at radius 3 is 2.56 bits per heavy atom. The van der Waals surface area contributed by atoms with Crippen LogP contribution in [0.5, 0.6) is 6.01 Å². The van der Waals surface area contributed by atoms with Crippen molar-refractivity contribution < 1.29 is 26.7 Å². The molecule has 0 saturated heterocycles. The van der Waals surface area contributed by atoms with Gasteiger partial charge in [-0.05, 0) is 43.2 Å². The molecule has 5 rings (SSSR count). The largest absolute Gasteiger partial charge is 0.467 e. The van der Waals surface area contributed by atoms with Crippen LogP contribution in [-0.2, 0) is 6.18 Å². The minimum atomic E-state index is -5.05. The molecule has 0 amide bonds. The van der Waals surface area contributed by atoms with Crippen molar-refractivity contribution in [2.75, 3.05) is 24.3 Å². The first-order valence-corrected chi connectivity index (χ1v) is 13.1. The second-order valence-corrected chi connectivity index (χ2v) is 10.1. The maximum Gasteiger partial charge on any atom is 0.417 e. The predicted octanol–water partition coefficient (Wildman–Crippen LogP) is 7.25. The van der Waals surface area contributed by atoms with E-state index >= 15 is 4.39 Å². The number of pyridine rings is 1. The van der Waals surface area contributed by atoms with Gasteiger partial charge < -0.3 is 15.4 Å². The summed E-state index contributed by atoms with van der Waals surface area (Å²) in [6.45, 7) is 3.88. The minimum Gasteiger partial charge on any atom is -0.467 e. The second kappa shape index (κ2) is 10.4. The van der Waals surface area contributed by atoms with E-state index in [-0.39, 0.29) is 50.0 Å². The molecular weight excluding hydrogens is 563 g/mol. The zero-order chi connectivity index (χ0) is 29.6. The molecule has 0 bridgehead atoms. The Kier molecular flexibility index (Phi) is 7.12. The molecule has 3 heterocycles. The van der Waals surface area contributed by atoms with E-state index < -0.39 is 40.5 Å². The van der Waals surface area contributed by atoms with Gasteiger partial charge in [0.15, 0.2) is 5.82 Å². The Morgan fingerprint density at radius 2 is 1.95 bits per heavy atom. The van der Waals surface area contributed by atoms with Gasteiger partial charge in [-0.25, -0.2) is 8.78 Å². The van der Waals surface area contributed by atoms with Gasteiger partial charge in [0.05, 0.1) is 29.0 Å². The highest BCUT2D eigenvalue weighted by Crippen LogP contribution is 2.48. The number of anilines is 2. The van der Waals surface area contributed by atoms with Crippen molar-refractivity contribution in [1.29, 1.82) is 5.26 Å². The molecule has 0 aliphatic carbocycles. The molecule has 3 aromatic heterocycles. The summed E-state index contributed by atoms with van der Waals surface area (Å²) in [5, 5.41) is 9.15. The summed E-state index contributed by atoms with van der Waals surface area (Å²) in [4.78, 5) is 14.2. The number of alkyl halides is 3. The molecule has 1 unspecified atom stereocenters. The number of hydrogen-bond donors (Lipinski definition) is 1. The van der Waals surface area contributed by atoms with E-state index in [0.29, 0.717) is 11.3 Å². The van der Waals surface area contributed by atoms with E-state index in [9.17, 15) is 22.8 Å². The van der Waals surface area contributed by atoms with E-state index in [2.05, 4.69) is 15.0 Å². The summed E-state index contributed by atoms with van der Waals surface area (Å²) in [5.41, 5.74) is 3.38. The number of nitrogen functional groups attached to an aromatic ring is 1. The predicted molar refractivity (Wildman–Crippen MR) is 147 cm³/mol. The first-order valence-electron chi connectivity index (χ1n) is 12.2. The summed E-state index contributed by atoms with van der Waals surface area (Å²) in [6, 6.07) is 7.35. The van der Waals surface area contributed by atoms with Crippen molar-refractivity contribution in [2.45, 2.75) is 26.1 Å². The number of thiophene rings is 1. The van der Waals surface area contributed by atoms with Gasteiger partial charge in [0.25, 0.3) is 0 Å². The van der Waals surface area contributed by atoms with Crippen molar-refractivity contribution >= 4 is 43.1 Å². The average Bonchev–Trinajstić information content (AvgIpc) is 3.30. The molecule has 0 fully saturated rings. The van der Waals surface area contributed by atoms with Crippen LogP contribution in [0.4, 0.5) is 32.8 Å². The summed E-state index contributed by atoms with van der Waals surface area (Å²) in [5.74, 6) is -2.11. The fraction of sp³-hybridized carbons (Fsp3) is 0.214. The number of rotatable bonds is 6. The summed E-state index contributed by atoms with van der Waals surface area (Å²) < 4.78 is 80.3. The Balaban J connectivity index is 1.89. The maximum absolute atomic E-state index is 16.5. The number of aromatic nitrogens is 3. The molecule has 0 saturated carbocycles. The molecule has 2 N–H and O–H groups in total. The van der Waals surface area contributed by atoms with E-state index in [1.807, 2.05) is 6.92 Å². The molecule has 0 aliphatic heterocycles. The molecule has 210 valence electrons. The lowest BCUT2D eigenvalue weighted by atomic mass is 9.92. The molecule has 13 heteroatoms. The lowest BCUT2D eigenvalue weighted by Crippen LogP contribution is -2.28. The lowest BCUT2D eigenvalue weighted by molar-refractivity contribution is -0.137. The molecule has 0 spiro atoms. The average molecular weight is 585 g/mol. The zero-order valence-corrected chi connectivity index (χ0v) is 22.7. The maximum atomic E-state index is 16.5. The van der Waals surface area contributed by atoms with Crippen molar-refractivity contribution in [1.82, 2.24) is 15.0 Å². The van der Waals surface area contributed by atoms with Gasteiger partial charge in [-0.3, -0.25) is 4.98 Å². The van der Waals surface area contributed by atoms with E-state index in [1.54, 1.807) is 42.4 Å². The van der Waals surface area contributed by atoms with Crippen LogP contribution in [0.1, 0.15) is 36.6 Å². The summed E-state index contributed by atoms with van der Waals surface area (Å²) in [6.07, 6.45) is -1.84. The first-order chi connectivity index (χ1) is 19.5. The number of nitrogens with two attached hydrogens (primary N) is 1. The van der Waals surface area contributed by atoms with Crippen molar-refractivity contribution in [3.63, 3.8) is 0 Å². The third-order valence-electron chi connectivity index (χ3n) is 6.82. The van der Waals surface area contributed by atoms with E-state index in [4.69, 9.17) is 10.5 Å². The smallest absolute Gasteiger partial charge is 0.417 e. The number of ether oxygens (including phenoxy) is 1. The Morgan fingerprint density at radius 1 is 1.20 bits per heavy atom. The quantitative estimate of drug-likeness (QED) is 0.210. The van der Waals surface area contributed by atoms with Crippen molar-refractivity contribution in [3.8, 4) is 23.2 Å². The fourth-order valence-corrected chi connectivity index (χ4v) is 5.86. The highest BCUT2D eigenvalue weighted by Gasteiger charge is 2.38. The summed E-state index contributed by atoms with van der Waals surface area (Å²) >= 11 is 0.697. The van der Waals surface area contributed by atoms with Gasteiger partial charge in [-0.2, -0.15) is 28.4 Å². The van der Waals surface area contributed by atoms with Crippen LogP contribution in [0, 0.1) is 23.0 Å². The number of fused-ring (bicyclic) bond motifs is 2. The number of nitrogens with zero attached hydrogens (tertiary/aromatic N) is 5. The Bertz CT molecular complexity index is 1830. The molecule has 0 radical (unpaired) electrons. The second-order valence-electron chi connectivity index (χ2n) is 9.04. The molecule has 0 aliphatic rings. The number of hydrogen-bond acceptors (Lipinski definition) is 8. The SMILES string of the molecule is CCN(c1nc(OC)nc2c(F)c(-c3ccc(F)c4sc(N)c(C#N)c34)c(C(F)(F)F)cc12)C(C)c1cccnc1. The van der Waals surface area contributed by atoms with Crippen molar-refractivity contribution in [2.24, 2.45) is 0 Å². The minimum absolute atomic E-state index is 0.0170. The molecule has 7 nitrogen and oxygen atoms in total.